The highest BCUT2D eigenvalue weighted by atomic mass is 19.4. The Morgan fingerprint density at radius 3 is 2.15 bits per heavy atom. The SMILES string of the molecule is CC1(C)c2cc(C(C)(F)C(F)(F)F)ccc2C2(Cc3ccc(F)cc3)CCN(C(=O)[C@]3(F)CC[C@@H](C(=O)O)CC3)C12. The van der Waals surface area contributed by atoms with Crippen molar-refractivity contribution in [3.63, 3.8) is 0 Å². The molecule has 1 saturated heterocycles. The van der Waals surface area contributed by atoms with E-state index in [1.54, 1.807) is 26.0 Å². The maximum Gasteiger partial charge on any atom is 0.426 e. The van der Waals surface area contributed by atoms with Crippen LogP contribution < -0.4 is 0 Å². The van der Waals surface area contributed by atoms with Gasteiger partial charge in [0.25, 0.3) is 5.91 Å². The van der Waals surface area contributed by atoms with Crippen LogP contribution in [0.4, 0.5) is 26.3 Å². The van der Waals surface area contributed by atoms with Crippen LogP contribution >= 0.6 is 0 Å². The molecule has 0 bridgehead atoms. The lowest BCUT2D eigenvalue weighted by Crippen LogP contribution is -2.56. The topological polar surface area (TPSA) is 57.6 Å². The van der Waals surface area contributed by atoms with E-state index >= 15 is 8.78 Å². The number of fused-ring (bicyclic) bond motifs is 3. The molecule has 3 aliphatic rings. The van der Waals surface area contributed by atoms with Crippen LogP contribution in [0.15, 0.2) is 42.5 Å². The number of carboxylic acid groups (broad SMARTS) is 1. The molecular weight excluding hydrogens is 548 g/mol. The van der Waals surface area contributed by atoms with E-state index < -0.39 is 63.6 Å². The van der Waals surface area contributed by atoms with Gasteiger partial charge >= 0.3 is 12.1 Å². The van der Waals surface area contributed by atoms with Gasteiger partial charge in [0, 0.05) is 17.4 Å². The number of carbonyl (C=O) groups excluding carboxylic acids is 1. The normalized spacial score (nSPS) is 30.4. The largest absolute Gasteiger partial charge is 0.481 e. The monoisotopic (exact) mass is 581 g/mol. The minimum atomic E-state index is -5.15. The van der Waals surface area contributed by atoms with E-state index in [1.807, 2.05) is 0 Å². The van der Waals surface area contributed by atoms with Crippen LogP contribution in [-0.4, -0.2) is 46.3 Å². The summed E-state index contributed by atoms with van der Waals surface area (Å²) in [7, 11) is 0. The van der Waals surface area contributed by atoms with Gasteiger partial charge in [0.1, 0.15) is 5.82 Å². The second-order valence-electron chi connectivity index (χ2n) is 12.7. The first-order chi connectivity index (χ1) is 18.9. The Morgan fingerprint density at radius 1 is 0.976 bits per heavy atom. The van der Waals surface area contributed by atoms with Crippen LogP contribution in [0.25, 0.3) is 0 Å². The molecule has 1 N–H and O–H groups in total. The van der Waals surface area contributed by atoms with Gasteiger partial charge in [-0.05, 0) is 79.8 Å². The summed E-state index contributed by atoms with van der Waals surface area (Å²) in [6.07, 6.45) is -4.89. The molecule has 2 aromatic rings. The average Bonchev–Trinajstić information content (AvgIpc) is 3.37. The fourth-order valence-electron chi connectivity index (χ4n) is 7.62. The zero-order valence-corrected chi connectivity index (χ0v) is 23.1. The van der Waals surface area contributed by atoms with Gasteiger partial charge in [-0.25, -0.2) is 13.2 Å². The van der Waals surface area contributed by atoms with Gasteiger partial charge < -0.3 is 10.0 Å². The zero-order chi connectivity index (χ0) is 30.2. The van der Waals surface area contributed by atoms with Crippen LogP contribution in [0, 0.1) is 11.7 Å². The number of carbonyl (C=O) groups is 2. The Bertz CT molecular complexity index is 1360. The summed E-state index contributed by atoms with van der Waals surface area (Å²) in [4.78, 5) is 26.8. The number of hydrogen-bond acceptors (Lipinski definition) is 2. The molecule has 1 aliphatic heterocycles. The molecule has 2 aliphatic carbocycles. The van der Waals surface area contributed by atoms with Crippen molar-refractivity contribution in [2.24, 2.45) is 5.92 Å². The van der Waals surface area contributed by atoms with Crippen molar-refractivity contribution in [1.29, 1.82) is 0 Å². The molecule has 4 nitrogen and oxygen atoms in total. The molecule has 0 radical (unpaired) electrons. The van der Waals surface area contributed by atoms with E-state index in [9.17, 15) is 32.3 Å². The van der Waals surface area contributed by atoms with E-state index in [-0.39, 0.29) is 32.2 Å². The average molecular weight is 582 g/mol. The number of alkyl halides is 5. The Balaban J connectivity index is 1.60. The van der Waals surface area contributed by atoms with Gasteiger partial charge in [0.2, 0.25) is 5.67 Å². The van der Waals surface area contributed by atoms with Crippen LogP contribution in [0.1, 0.15) is 75.1 Å². The number of aliphatic carboxylic acids is 1. The van der Waals surface area contributed by atoms with Gasteiger partial charge in [0.05, 0.1) is 12.0 Å². The number of rotatable bonds is 5. The van der Waals surface area contributed by atoms with Crippen LogP contribution in [0.3, 0.4) is 0 Å². The minimum Gasteiger partial charge on any atom is -0.481 e. The van der Waals surface area contributed by atoms with Gasteiger partial charge in [-0.2, -0.15) is 13.2 Å². The van der Waals surface area contributed by atoms with Crippen LogP contribution in [0.2, 0.25) is 0 Å². The second-order valence-corrected chi connectivity index (χ2v) is 12.7. The number of likely N-dealkylation sites (tertiary alicyclic amines) is 1. The third-order valence-electron chi connectivity index (χ3n) is 9.85. The van der Waals surface area contributed by atoms with E-state index in [0.29, 0.717) is 30.9 Å². The van der Waals surface area contributed by atoms with Crippen molar-refractivity contribution < 1.29 is 41.0 Å². The van der Waals surface area contributed by atoms with Crippen LogP contribution in [-0.2, 0) is 32.5 Å². The van der Waals surface area contributed by atoms with Gasteiger partial charge in [0.15, 0.2) is 5.67 Å². The first-order valence-electron chi connectivity index (χ1n) is 13.8. The Kier molecular flexibility index (Phi) is 6.82. The number of nitrogens with zero attached hydrogens (tertiary/aromatic N) is 1. The molecule has 10 heteroatoms. The maximum atomic E-state index is 16.2. The number of benzene rings is 2. The standard InChI is InChI=1S/C31H33F6NO3/c1-27(2)23-16-20(28(3,33)31(35,36)37)6-9-22(23)29(17-18-4-7-21(32)8-5-18)14-15-38(25(27)29)26(41)30(34)12-10-19(11-13-30)24(39)40/h4-9,16,19,25H,10-15,17H2,1-3H3,(H,39,40)/t19-,25?,28?,29?,30+. The quantitative estimate of drug-likeness (QED) is 0.390. The van der Waals surface area contributed by atoms with Gasteiger partial charge in [-0.3, -0.25) is 9.59 Å². The molecule has 2 fully saturated rings. The van der Waals surface area contributed by atoms with Gasteiger partial charge in [-0.1, -0.05) is 44.2 Å². The number of halogens is 6. The molecule has 222 valence electrons. The van der Waals surface area contributed by atoms with Crippen molar-refractivity contribution in [2.45, 2.75) is 93.7 Å². The summed E-state index contributed by atoms with van der Waals surface area (Å²) in [5.74, 6) is -2.94. The predicted molar refractivity (Wildman–Crippen MR) is 139 cm³/mol. The summed E-state index contributed by atoms with van der Waals surface area (Å²) in [6, 6.07) is 8.99. The first kappa shape index (κ1) is 29.5. The van der Waals surface area contributed by atoms with Crippen LogP contribution in [0.5, 0.6) is 0 Å². The number of amides is 1. The lowest BCUT2D eigenvalue weighted by Gasteiger charge is -2.43. The van der Waals surface area contributed by atoms with Crippen molar-refractivity contribution in [2.75, 3.05) is 6.54 Å². The van der Waals surface area contributed by atoms with E-state index in [4.69, 9.17) is 0 Å². The molecule has 1 amide bonds. The first-order valence-corrected chi connectivity index (χ1v) is 13.8. The van der Waals surface area contributed by atoms with Crippen molar-refractivity contribution in [3.05, 3.63) is 70.5 Å². The molecule has 3 atom stereocenters. The Labute approximate surface area is 234 Å². The predicted octanol–water partition coefficient (Wildman–Crippen LogP) is 6.93. The van der Waals surface area contributed by atoms with Crippen molar-refractivity contribution in [3.8, 4) is 0 Å². The summed E-state index contributed by atoms with van der Waals surface area (Å²) >= 11 is 0. The highest BCUT2D eigenvalue weighted by molar-refractivity contribution is 5.87. The minimum absolute atomic E-state index is 0.0241. The lowest BCUT2D eigenvalue weighted by molar-refractivity contribution is -0.228. The molecule has 1 heterocycles. The van der Waals surface area contributed by atoms with Crippen molar-refractivity contribution >= 4 is 11.9 Å². The molecule has 0 aromatic heterocycles. The highest BCUT2D eigenvalue weighted by Crippen LogP contribution is 2.60. The van der Waals surface area contributed by atoms with Crippen molar-refractivity contribution in [1.82, 2.24) is 4.90 Å². The maximum absolute atomic E-state index is 16.2. The zero-order valence-electron chi connectivity index (χ0n) is 23.1. The number of hydrogen-bond donors (Lipinski definition) is 1. The summed E-state index contributed by atoms with van der Waals surface area (Å²) in [5, 5.41) is 9.33. The molecule has 5 rings (SSSR count). The molecule has 41 heavy (non-hydrogen) atoms. The molecule has 0 spiro atoms. The summed E-state index contributed by atoms with van der Waals surface area (Å²) in [6.45, 7) is 4.20. The van der Waals surface area contributed by atoms with Gasteiger partial charge in [-0.15, -0.1) is 0 Å². The third-order valence-corrected chi connectivity index (χ3v) is 9.85. The second kappa shape index (κ2) is 9.49. The Hall–Kier alpha value is -3.04. The molecule has 3 unspecified atom stereocenters. The molecule has 1 saturated carbocycles. The lowest BCUT2D eigenvalue weighted by atomic mass is 9.70. The fourth-order valence-corrected chi connectivity index (χ4v) is 7.62. The van der Waals surface area contributed by atoms with E-state index in [0.717, 1.165) is 11.6 Å². The van der Waals surface area contributed by atoms with E-state index in [1.165, 1.54) is 29.2 Å². The fraction of sp³-hybridized carbons (Fsp3) is 0.548. The third kappa shape index (κ3) is 4.52. The molecular formula is C31H33F6NO3. The number of carboxylic acids is 1. The highest BCUT2D eigenvalue weighted by Gasteiger charge is 2.64. The molecule has 2 aromatic carbocycles. The summed E-state index contributed by atoms with van der Waals surface area (Å²) in [5.41, 5.74) is -6.41. The van der Waals surface area contributed by atoms with E-state index in [2.05, 4.69) is 0 Å². The summed E-state index contributed by atoms with van der Waals surface area (Å²) < 4.78 is 86.0. The smallest absolute Gasteiger partial charge is 0.426 e. The Morgan fingerprint density at radius 2 is 1.59 bits per heavy atom.